The molecule has 3 rings (SSSR count). The second-order valence-corrected chi connectivity index (χ2v) is 6.80. The minimum Gasteiger partial charge on any atom is -0.493 e. The van der Waals surface area contributed by atoms with Crippen molar-refractivity contribution < 1.29 is 14.3 Å². The van der Waals surface area contributed by atoms with Crippen molar-refractivity contribution in [3.63, 3.8) is 0 Å². The van der Waals surface area contributed by atoms with Gasteiger partial charge in [0, 0.05) is 13.6 Å². The molecule has 1 heterocycles. The summed E-state index contributed by atoms with van der Waals surface area (Å²) in [7, 11) is 3.38. The van der Waals surface area contributed by atoms with E-state index >= 15 is 0 Å². The molecule has 158 valence electrons. The number of urea groups is 1. The Bertz CT molecular complexity index is 957. The Balaban J connectivity index is 1.60. The smallest absolute Gasteiger partial charge is 0.317 e. The topological polar surface area (TPSA) is 81.5 Å². The molecule has 1 aromatic heterocycles. The first-order valence-electron chi connectivity index (χ1n) is 9.78. The molecule has 0 spiro atoms. The maximum Gasteiger partial charge on any atom is 0.317 e. The number of nitrogens with one attached hydrogen (secondary N) is 1. The number of carbonyl (C=O) groups is 1. The van der Waals surface area contributed by atoms with Crippen LogP contribution in [0.15, 0.2) is 55.1 Å². The number of amides is 2. The first-order valence-corrected chi connectivity index (χ1v) is 9.78. The molecule has 0 aliphatic rings. The lowest BCUT2D eigenvalue weighted by atomic mass is 10.1. The second-order valence-electron chi connectivity index (χ2n) is 6.80. The van der Waals surface area contributed by atoms with Gasteiger partial charge in [-0.1, -0.05) is 18.2 Å². The van der Waals surface area contributed by atoms with Gasteiger partial charge >= 0.3 is 6.03 Å². The number of benzene rings is 2. The van der Waals surface area contributed by atoms with Crippen LogP contribution in [0, 0.1) is 0 Å². The van der Waals surface area contributed by atoms with E-state index in [0.29, 0.717) is 24.7 Å². The van der Waals surface area contributed by atoms with E-state index in [-0.39, 0.29) is 12.1 Å². The molecule has 8 heteroatoms. The van der Waals surface area contributed by atoms with Gasteiger partial charge in [0.2, 0.25) is 0 Å². The second kappa shape index (κ2) is 9.78. The molecule has 8 nitrogen and oxygen atoms in total. The average molecular weight is 409 g/mol. The number of aromatic nitrogens is 3. The first kappa shape index (κ1) is 21.2. The largest absolute Gasteiger partial charge is 0.493 e. The van der Waals surface area contributed by atoms with Gasteiger partial charge in [-0.2, -0.15) is 5.10 Å². The van der Waals surface area contributed by atoms with Crippen molar-refractivity contribution in [2.75, 3.05) is 20.8 Å². The Morgan fingerprint density at radius 1 is 1.20 bits per heavy atom. The molecule has 1 N–H and O–H groups in total. The summed E-state index contributed by atoms with van der Waals surface area (Å²) in [6, 6.07) is 13.3. The summed E-state index contributed by atoms with van der Waals surface area (Å²) in [4.78, 5) is 18.3. The Hall–Kier alpha value is -3.55. The standard InChI is InChI=1S/C22H27N5O3/c1-5-30-20-11-6-17(12-21(20)29-4)13-24-22(28)26(3)16(2)18-7-9-19(10-8-18)27-15-23-14-25-27/h6-12,14-16H,5,13H2,1-4H3,(H,24,28). The SMILES string of the molecule is CCOc1ccc(CNC(=O)N(C)C(C)c2ccc(-n3cncn3)cc2)cc1OC. The highest BCUT2D eigenvalue weighted by Gasteiger charge is 2.17. The van der Waals surface area contributed by atoms with Crippen LogP contribution in [0.25, 0.3) is 5.69 Å². The van der Waals surface area contributed by atoms with Crippen molar-refractivity contribution in [1.29, 1.82) is 0 Å². The van der Waals surface area contributed by atoms with Crippen LogP contribution in [0.5, 0.6) is 11.5 Å². The van der Waals surface area contributed by atoms with Crippen LogP contribution in [-0.4, -0.2) is 46.5 Å². The third kappa shape index (κ3) is 4.89. The van der Waals surface area contributed by atoms with E-state index in [4.69, 9.17) is 9.47 Å². The lowest BCUT2D eigenvalue weighted by Crippen LogP contribution is -2.38. The maximum absolute atomic E-state index is 12.6. The summed E-state index contributed by atoms with van der Waals surface area (Å²) in [5, 5.41) is 7.07. The molecule has 0 saturated heterocycles. The highest BCUT2D eigenvalue weighted by molar-refractivity contribution is 5.74. The van der Waals surface area contributed by atoms with Gasteiger partial charge in [-0.3, -0.25) is 0 Å². The van der Waals surface area contributed by atoms with Crippen LogP contribution in [0.1, 0.15) is 31.0 Å². The monoisotopic (exact) mass is 409 g/mol. The molecule has 0 radical (unpaired) electrons. The fraction of sp³-hybridized carbons (Fsp3) is 0.318. The van der Waals surface area contributed by atoms with Crippen LogP contribution < -0.4 is 14.8 Å². The molecule has 1 atom stereocenters. The van der Waals surface area contributed by atoms with Gasteiger partial charge in [0.1, 0.15) is 12.7 Å². The molecule has 0 aliphatic heterocycles. The summed E-state index contributed by atoms with van der Waals surface area (Å²) in [6.07, 6.45) is 3.14. The predicted octanol–water partition coefficient (Wildman–Crippen LogP) is 3.58. The van der Waals surface area contributed by atoms with E-state index in [2.05, 4.69) is 15.4 Å². The Morgan fingerprint density at radius 3 is 2.60 bits per heavy atom. The molecular weight excluding hydrogens is 382 g/mol. The first-order chi connectivity index (χ1) is 14.5. The number of hydrogen-bond donors (Lipinski definition) is 1. The van der Waals surface area contributed by atoms with Crippen LogP contribution in [0.3, 0.4) is 0 Å². The van der Waals surface area contributed by atoms with Gasteiger partial charge in [-0.05, 0) is 49.2 Å². The van der Waals surface area contributed by atoms with Crippen molar-refractivity contribution >= 4 is 6.03 Å². The average Bonchev–Trinajstić information content (AvgIpc) is 3.32. The number of carbonyl (C=O) groups excluding carboxylic acids is 1. The van der Waals surface area contributed by atoms with Crippen molar-refractivity contribution in [1.82, 2.24) is 25.0 Å². The molecule has 0 bridgehead atoms. The number of methoxy groups -OCH3 is 1. The van der Waals surface area contributed by atoms with Gasteiger partial charge < -0.3 is 19.7 Å². The third-order valence-corrected chi connectivity index (χ3v) is 4.93. The molecule has 0 fully saturated rings. The van der Waals surface area contributed by atoms with E-state index in [0.717, 1.165) is 16.8 Å². The molecule has 2 aromatic carbocycles. The fourth-order valence-corrected chi connectivity index (χ4v) is 3.05. The minimum absolute atomic E-state index is 0.0929. The lowest BCUT2D eigenvalue weighted by molar-refractivity contribution is 0.194. The number of ether oxygens (including phenoxy) is 2. The molecule has 3 aromatic rings. The molecule has 30 heavy (non-hydrogen) atoms. The van der Waals surface area contributed by atoms with E-state index in [1.165, 1.54) is 6.33 Å². The zero-order chi connectivity index (χ0) is 21.5. The van der Waals surface area contributed by atoms with Gasteiger partial charge in [0.15, 0.2) is 11.5 Å². The highest BCUT2D eigenvalue weighted by Crippen LogP contribution is 2.28. The number of nitrogens with zero attached hydrogens (tertiary/aromatic N) is 4. The zero-order valence-electron chi connectivity index (χ0n) is 17.7. The van der Waals surface area contributed by atoms with Crippen molar-refractivity contribution in [2.24, 2.45) is 0 Å². The van der Waals surface area contributed by atoms with Crippen LogP contribution in [0.4, 0.5) is 4.79 Å². The zero-order valence-corrected chi connectivity index (χ0v) is 17.7. The predicted molar refractivity (Wildman–Crippen MR) is 114 cm³/mol. The lowest BCUT2D eigenvalue weighted by Gasteiger charge is -2.26. The van der Waals surface area contributed by atoms with E-state index in [9.17, 15) is 4.79 Å². The van der Waals surface area contributed by atoms with Crippen LogP contribution >= 0.6 is 0 Å². The van der Waals surface area contributed by atoms with E-state index in [1.54, 1.807) is 30.1 Å². The quantitative estimate of drug-likeness (QED) is 0.615. The molecule has 0 saturated carbocycles. The maximum atomic E-state index is 12.6. The number of hydrogen-bond acceptors (Lipinski definition) is 5. The Kier molecular flexibility index (Phi) is 6.90. The van der Waals surface area contributed by atoms with Gasteiger partial charge in [0.25, 0.3) is 0 Å². The van der Waals surface area contributed by atoms with Crippen molar-refractivity contribution in [3.05, 3.63) is 66.2 Å². The van der Waals surface area contributed by atoms with Crippen LogP contribution in [0.2, 0.25) is 0 Å². The summed E-state index contributed by atoms with van der Waals surface area (Å²) in [5.74, 6) is 1.34. The fourth-order valence-electron chi connectivity index (χ4n) is 3.05. The molecular formula is C22H27N5O3. The van der Waals surface area contributed by atoms with E-state index in [1.807, 2.05) is 56.3 Å². The van der Waals surface area contributed by atoms with Gasteiger partial charge in [0.05, 0.1) is 25.4 Å². The Morgan fingerprint density at radius 2 is 1.97 bits per heavy atom. The van der Waals surface area contributed by atoms with Gasteiger partial charge in [-0.25, -0.2) is 14.5 Å². The summed E-state index contributed by atoms with van der Waals surface area (Å²) < 4.78 is 12.6. The molecule has 0 aliphatic carbocycles. The minimum atomic E-state index is -0.157. The van der Waals surface area contributed by atoms with Crippen LogP contribution in [-0.2, 0) is 6.54 Å². The third-order valence-electron chi connectivity index (χ3n) is 4.93. The number of rotatable bonds is 8. The summed E-state index contributed by atoms with van der Waals surface area (Å²) in [6.45, 7) is 4.87. The van der Waals surface area contributed by atoms with E-state index < -0.39 is 0 Å². The Labute approximate surface area is 176 Å². The summed E-state index contributed by atoms with van der Waals surface area (Å²) >= 11 is 0. The summed E-state index contributed by atoms with van der Waals surface area (Å²) in [5.41, 5.74) is 2.88. The molecule has 2 amide bonds. The molecule has 1 unspecified atom stereocenters. The van der Waals surface area contributed by atoms with Crippen molar-refractivity contribution in [3.8, 4) is 17.2 Å². The normalized spacial score (nSPS) is 11.6. The van der Waals surface area contributed by atoms with Gasteiger partial charge in [-0.15, -0.1) is 0 Å². The van der Waals surface area contributed by atoms with Crippen molar-refractivity contribution in [2.45, 2.75) is 26.4 Å². The highest BCUT2D eigenvalue weighted by atomic mass is 16.5.